The quantitative estimate of drug-likeness (QED) is 0.813. The first-order valence-corrected chi connectivity index (χ1v) is 7.42. The van der Waals surface area contributed by atoms with Crippen LogP contribution >= 0.6 is 11.8 Å². The van der Waals surface area contributed by atoms with Crippen LogP contribution in [0.15, 0.2) is 0 Å². The number of carbonyl (C=O) groups is 2. The number of carboxylic acid groups (broad SMARTS) is 1. The third-order valence-corrected chi connectivity index (χ3v) is 4.33. The number of methoxy groups -OCH3 is 1. The molecule has 1 unspecified atom stereocenters. The smallest absolute Gasteiger partial charge is 0.336 e. The Morgan fingerprint density at radius 2 is 2.00 bits per heavy atom. The lowest BCUT2D eigenvalue weighted by Crippen LogP contribution is -2.53. The van der Waals surface area contributed by atoms with Crippen molar-refractivity contribution in [3.05, 3.63) is 0 Å². The van der Waals surface area contributed by atoms with E-state index < -0.39 is 11.6 Å². The Morgan fingerprint density at radius 1 is 1.44 bits per heavy atom. The van der Waals surface area contributed by atoms with Gasteiger partial charge in [0.25, 0.3) is 0 Å². The molecule has 6 heteroatoms. The summed E-state index contributed by atoms with van der Waals surface area (Å²) in [4.78, 5) is 25.0. The van der Waals surface area contributed by atoms with E-state index in [4.69, 9.17) is 4.74 Å². The molecule has 1 aliphatic rings. The largest absolute Gasteiger partial charge is 0.479 e. The summed E-state index contributed by atoms with van der Waals surface area (Å²) < 4.78 is 5.13. The molecule has 1 N–H and O–H groups in total. The van der Waals surface area contributed by atoms with Crippen molar-refractivity contribution in [2.24, 2.45) is 5.92 Å². The van der Waals surface area contributed by atoms with Gasteiger partial charge < -0.3 is 14.7 Å². The van der Waals surface area contributed by atoms with Gasteiger partial charge in [-0.3, -0.25) is 4.79 Å². The molecule has 0 saturated carbocycles. The Morgan fingerprint density at radius 3 is 2.39 bits per heavy atom. The number of nitrogens with zero attached hydrogens (tertiary/aromatic N) is 1. The average molecular weight is 275 g/mol. The zero-order chi connectivity index (χ0) is 13.8. The second-order valence-corrected chi connectivity index (χ2v) is 5.60. The molecule has 104 valence electrons. The molecule has 1 heterocycles. The van der Waals surface area contributed by atoms with Gasteiger partial charge in [-0.1, -0.05) is 6.92 Å². The number of aliphatic carboxylic acids is 1. The number of rotatable bonds is 5. The van der Waals surface area contributed by atoms with Gasteiger partial charge in [0.1, 0.15) is 0 Å². The average Bonchev–Trinajstić information content (AvgIpc) is 2.38. The van der Waals surface area contributed by atoms with E-state index in [-0.39, 0.29) is 11.8 Å². The van der Waals surface area contributed by atoms with Crippen molar-refractivity contribution < 1.29 is 19.4 Å². The normalized spacial score (nSPS) is 20.5. The zero-order valence-electron chi connectivity index (χ0n) is 11.1. The SMILES string of the molecule is COC1(C(=O)O)CCN(C(=O)C(C)CSC)CC1. The summed E-state index contributed by atoms with van der Waals surface area (Å²) in [6, 6.07) is 0. The van der Waals surface area contributed by atoms with Crippen LogP contribution in [0, 0.1) is 5.92 Å². The number of carbonyl (C=O) groups excluding carboxylic acids is 1. The van der Waals surface area contributed by atoms with E-state index in [1.54, 1.807) is 16.7 Å². The standard InChI is InChI=1S/C12H21NO4S/c1-9(8-18-3)10(14)13-6-4-12(17-2,5-7-13)11(15)16/h9H,4-8H2,1-3H3,(H,15,16). The van der Waals surface area contributed by atoms with Crippen LogP contribution < -0.4 is 0 Å². The van der Waals surface area contributed by atoms with Gasteiger partial charge in [0.05, 0.1) is 0 Å². The Bertz CT molecular complexity index is 313. The third kappa shape index (κ3) is 3.17. The Hall–Kier alpha value is -0.750. The molecule has 1 rings (SSSR count). The maximum absolute atomic E-state index is 12.1. The highest BCUT2D eigenvalue weighted by atomic mass is 32.2. The van der Waals surface area contributed by atoms with E-state index in [9.17, 15) is 14.7 Å². The zero-order valence-corrected chi connectivity index (χ0v) is 12.0. The number of amides is 1. The molecule has 18 heavy (non-hydrogen) atoms. The summed E-state index contributed by atoms with van der Waals surface area (Å²) in [7, 11) is 1.42. The van der Waals surface area contributed by atoms with Gasteiger partial charge in [0.15, 0.2) is 5.60 Å². The molecule has 1 atom stereocenters. The number of ether oxygens (including phenoxy) is 1. The van der Waals surface area contributed by atoms with E-state index in [1.807, 2.05) is 13.2 Å². The predicted molar refractivity (Wildman–Crippen MR) is 70.7 cm³/mol. The number of likely N-dealkylation sites (tertiary alicyclic amines) is 1. The van der Waals surface area contributed by atoms with Crippen LogP contribution in [0.3, 0.4) is 0 Å². The highest BCUT2D eigenvalue weighted by molar-refractivity contribution is 7.98. The summed E-state index contributed by atoms with van der Waals surface area (Å²) in [6.45, 7) is 2.82. The lowest BCUT2D eigenvalue weighted by atomic mass is 9.90. The van der Waals surface area contributed by atoms with Crippen LogP contribution in [0.5, 0.6) is 0 Å². The first-order chi connectivity index (χ1) is 8.46. The van der Waals surface area contributed by atoms with Crippen LogP contribution in [0.4, 0.5) is 0 Å². The molecule has 0 aliphatic carbocycles. The maximum atomic E-state index is 12.1. The van der Waals surface area contributed by atoms with Gasteiger partial charge in [-0.2, -0.15) is 11.8 Å². The molecular weight excluding hydrogens is 254 g/mol. The van der Waals surface area contributed by atoms with Gasteiger partial charge in [-0.05, 0) is 6.26 Å². The number of thioether (sulfide) groups is 1. The van der Waals surface area contributed by atoms with E-state index in [1.165, 1.54) is 7.11 Å². The molecule has 5 nitrogen and oxygen atoms in total. The van der Waals surface area contributed by atoms with Crippen LogP contribution in [0.25, 0.3) is 0 Å². The van der Waals surface area contributed by atoms with E-state index >= 15 is 0 Å². The highest BCUT2D eigenvalue weighted by Crippen LogP contribution is 2.27. The molecule has 1 saturated heterocycles. The molecular formula is C12H21NO4S. The molecule has 1 amide bonds. The van der Waals surface area contributed by atoms with Crippen LogP contribution in [0.2, 0.25) is 0 Å². The first kappa shape index (κ1) is 15.3. The van der Waals surface area contributed by atoms with Crippen molar-refractivity contribution in [1.29, 1.82) is 0 Å². The van der Waals surface area contributed by atoms with Gasteiger partial charge in [-0.25, -0.2) is 4.79 Å². The minimum atomic E-state index is -1.11. The van der Waals surface area contributed by atoms with Gasteiger partial charge in [0, 0.05) is 44.7 Å². The predicted octanol–water partition coefficient (Wildman–Crippen LogP) is 1.08. The molecule has 0 aromatic carbocycles. The summed E-state index contributed by atoms with van der Waals surface area (Å²) in [5, 5.41) is 9.18. The van der Waals surface area contributed by atoms with Crippen molar-refractivity contribution in [2.45, 2.75) is 25.4 Å². The molecule has 1 fully saturated rings. The molecule has 0 aromatic rings. The summed E-state index contributed by atoms with van der Waals surface area (Å²) >= 11 is 1.64. The molecule has 0 spiro atoms. The number of carboxylic acids is 1. The molecule has 1 aliphatic heterocycles. The monoisotopic (exact) mass is 275 g/mol. The fourth-order valence-corrected chi connectivity index (χ4v) is 2.87. The third-order valence-electron chi connectivity index (χ3n) is 3.50. The van der Waals surface area contributed by atoms with Gasteiger partial charge in [-0.15, -0.1) is 0 Å². The van der Waals surface area contributed by atoms with Gasteiger partial charge >= 0.3 is 5.97 Å². The number of piperidine rings is 1. The topological polar surface area (TPSA) is 66.8 Å². The van der Waals surface area contributed by atoms with Crippen LogP contribution in [-0.4, -0.2) is 59.7 Å². The van der Waals surface area contributed by atoms with Crippen LogP contribution in [0.1, 0.15) is 19.8 Å². The van der Waals surface area contributed by atoms with Crippen molar-refractivity contribution in [3.63, 3.8) is 0 Å². The molecule has 0 aromatic heterocycles. The van der Waals surface area contributed by atoms with E-state index in [0.717, 1.165) is 5.75 Å². The van der Waals surface area contributed by atoms with Crippen molar-refractivity contribution >= 4 is 23.6 Å². The Kier molecular flexibility index (Phi) is 5.47. The van der Waals surface area contributed by atoms with Gasteiger partial charge in [0.2, 0.25) is 5.91 Å². The Balaban J connectivity index is 2.58. The minimum absolute atomic E-state index is 0.0140. The lowest BCUT2D eigenvalue weighted by Gasteiger charge is -2.38. The van der Waals surface area contributed by atoms with Crippen molar-refractivity contribution in [1.82, 2.24) is 4.90 Å². The van der Waals surface area contributed by atoms with E-state index in [2.05, 4.69) is 0 Å². The lowest BCUT2D eigenvalue weighted by molar-refractivity contribution is -0.170. The van der Waals surface area contributed by atoms with Crippen LogP contribution in [-0.2, 0) is 14.3 Å². The van der Waals surface area contributed by atoms with Crippen molar-refractivity contribution in [3.8, 4) is 0 Å². The van der Waals surface area contributed by atoms with E-state index in [0.29, 0.717) is 25.9 Å². The first-order valence-electron chi connectivity index (χ1n) is 6.03. The highest BCUT2D eigenvalue weighted by Gasteiger charge is 2.43. The fourth-order valence-electron chi connectivity index (χ4n) is 2.23. The summed E-state index contributed by atoms with van der Waals surface area (Å²) in [5.74, 6) is -0.0440. The van der Waals surface area contributed by atoms with Crippen molar-refractivity contribution in [2.75, 3.05) is 32.2 Å². The maximum Gasteiger partial charge on any atom is 0.336 e. The Labute approximate surface area is 112 Å². The molecule has 0 bridgehead atoms. The number of hydrogen-bond acceptors (Lipinski definition) is 4. The fraction of sp³-hybridized carbons (Fsp3) is 0.833. The molecule has 0 radical (unpaired) electrons. The number of hydrogen-bond donors (Lipinski definition) is 1. The second kappa shape index (κ2) is 6.43. The summed E-state index contributed by atoms with van der Waals surface area (Å²) in [6.07, 6.45) is 2.69. The summed E-state index contributed by atoms with van der Waals surface area (Å²) in [5.41, 5.74) is -1.11. The minimum Gasteiger partial charge on any atom is -0.479 e. The second-order valence-electron chi connectivity index (χ2n) is 4.69.